The highest BCUT2D eigenvalue weighted by Gasteiger charge is 2.30. The number of primary amides is 1. The highest BCUT2D eigenvalue weighted by molar-refractivity contribution is 5.93. The number of hydrogen-bond donors (Lipinski definition) is 9. The van der Waals surface area contributed by atoms with E-state index in [4.69, 9.17) is 26.4 Å². The van der Waals surface area contributed by atoms with Crippen molar-refractivity contribution in [3.8, 4) is 0 Å². The summed E-state index contributed by atoms with van der Waals surface area (Å²) in [7, 11) is 0. The van der Waals surface area contributed by atoms with Gasteiger partial charge in [-0.2, -0.15) is 0 Å². The highest BCUT2D eigenvalue weighted by Crippen LogP contribution is 2.03. The fourth-order valence-electron chi connectivity index (χ4n) is 1.91. The van der Waals surface area contributed by atoms with Gasteiger partial charge in [-0.3, -0.25) is 25.2 Å². The molecule has 5 amide bonds. The summed E-state index contributed by atoms with van der Waals surface area (Å²) in [5, 5.41) is 31.1. The third-order valence-corrected chi connectivity index (χ3v) is 3.30. The number of nitrogens with two attached hydrogens (primary N) is 2. The van der Waals surface area contributed by atoms with Crippen molar-refractivity contribution < 1.29 is 44.0 Å². The Hall–Kier alpha value is -3.01. The third kappa shape index (κ3) is 10.2. The number of rotatable bonds is 11. The molecule has 0 heterocycles. The minimum absolute atomic E-state index is 0.682. The summed E-state index contributed by atoms with van der Waals surface area (Å²) in [6.07, 6.45) is -3.14. The Morgan fingerprint density at radius 1 is 1.03 bits per heavy atom. The Kier molecular flexibility index (Phi) is 11.2. The van der Waals surface area contributed by atoms with Gasteiger partial charge in [-0.25, -0.2) is 9.59 Å². The second-order valence-electron chi connectivity index (χ2n) is 5.86. The molecule has 0 saturated heterocycles. The first kappa shape index (κ1) is 26.0. The third-order valence-electron chi connectivity index (χ3n) is 3.30. The van der Waals surface area contributed by atoms with E-state index < -0.39 is 73.3 Å². The van der Waals surface area contributed by atoms with E-state index in [0.717, 1.165) is 0 Å². The molecule has 0 aliphatic rings. The Bertz CT molecular complexity index is 614. The standard InChI is InChI=1S/C14H26N6O9/c1-5(29-6(2)22)10(13(26)27)18-14(28)17-8(3-9(16)23)12(25)20-19-11(24)7(15)4-21/h5-8,10,21-22H,3-4,15H2,1-2H3,(H2,16,23)(H,19,24)(H,20,25)(H,26,27)(H2,17,18,28). The molecule has 15 nitrogen and oxygen atoms in total. The average Bonchev–Trinajstić information content (AvgIpc) is 2.61. The lowest BCUT2D eigenvalue weighted by atomic mass is 10.1. The second-order valence-corrected chi connectivity index (χ2v) is 5.86. The van der Waals surface area contributed by atoms with Crippen molar-refractivity contribution in [3.63, 3.8) is 0 Å². The van der Waals surface area contributed by atoms with E-state index in [9.17, 15) is 29.1 Å². The van der Waals surface area contributed by atoms with Crippen molar-refractivity contribution in [2.24, 2.45) is 11.5 Å². The predicted octanol–water partition coefficient (Wildman–Crippen LogP) is -4.81. The molecule has 0 saturated carbocycles. The summed E-state index contributed by atoms with van der Waals surface area (Å²) in [6, 6.07) is -5.68. The van der Waals surface area contributed by atoms with Gasteiger partial charge in [0.05, 0.1) is 19.1 Å². The SMILES string of the molecule is CC(O)OC(C)C(NC(=O)NC(CC(N)=O)C(=O)NNC(=O)C(N)CO)C(=O)O. The molecule has 0 radical (unpaired) electrons. The van der Waals surface area contributed by atoms with Crippen LogP contribution in [0.1, 0.15) is 20.3 Å². The topological polar surface area (TPSA) is 255 Å². The van der Waals surface area contributed by atoms with Crippen LogP contribution in [-0.4, -0.2) is 82.2 Å². The van der Waals surface area contributed by atoms with Gasteiger partial charge in [0, 0.05) is 0 Å². The first-order valence-electron chi connectivity index (χ1n) is 8.26. The average molecular weight is 422 g/mol. The number of aliphatic hydroxyl groups excluding tert-OH is 2. The number of amides is 5. The molecule has 29 heavy (non-hydrogen) atoms. The number of hydrogen-bond acceptors (Lipinski definition) is 9. The van der Waals surface area contributed by atoms with Gasteiger partial charge in [0.25, 0.3) is 11.8 Å². The smallest absolute Gasteiger partial charge is 0.328 e. The van der Waals surface area contributed by atoms with Crippen LogP contribution in [0.4, 0.5) is 4.79 Å². The maximum atomic E-state index is 12.1. The first-order valence-corrected chi connectivity index (χ1v) is 8.26. The van der Waals surface area contributed by atoms with Gasteiger partial charge in [-0.15, -0.1) is 0 Å². The van der Waals surface area contributed by atoms with Crippen molar-refractivity contribution in [1.29, 1.82) is 0 Å². The summed E-state index contributed by atoms with van der Waals surface area (Å²) >= 11 is 0. The Morgan fingerprint density at radius 2 is 1.59 bits per heavy atom. The molecule has 0 spiro atoms. The zero-order chi connectivity index (χ0) is 22.7. The minimum Gasteiger partial charge on any atom is -0.480 e. The lowest BCUT2D eigenvalue weighted by molar-refractivity contribution is -0.154. The van der Waals surface area contributed by atoms with Gasteiger partial charge in [0.2, 0.25) is 5.91 Å². The lowest BCUT2D eigenvalue weighted by Gasteiger charge is -2.24. The van der Waals surface area contributed by atoms with Crippen LogP contribution in [0.3, 0.4) is 0 Å². The van der Waals surface area contributed by atoms with E-state index in [1.165, 1.54) is 13.8 Å². The van der Waals surface area contributed by atoms with E-state index in [1.807, 2.05) is 21.5 Å². The summed E-state index contributed by atoms with van der Waals surface area (Å²) in [4.78, 5) is 58.0. The molecule has 0 aliphatic carbocycles. The number of carbonyl (C=O) groups is 5. The van der Waals surface area contributed by atoms with Crippen LogP contribution in [0.15, 0.2) is 0 Å². The number of urea groups is 1. The summed E-state index contributed by atoms with van der Waals surface area (Å²) in [5.41, 5.74) is 14.0. The fraction of sp³-hybridized carbons (Fsp3) is 0.643. The van der Waals surface area contributed by atoms with E-state index in [2.05, 4.69) is 0 Å². The van der Waals surface area contributed by atoms with Gasteiger partial charge in [0.15, 0.2) is 12.3 Å². The monoisotopic (exact) mass is 422 g/mol. The lowest BCUT2D eigenvalue weighted by Crippen LogP contribution is -2.59. The number of carboxylic acids is 1. The number of aliphatic carboxylic acids is 1. The summed E-state index contributed by atoms with van der Waals surface area (Å²) in [5.74, 6) is -4.49. The summed E-state index contributed by atoms with van der Waals surface area (Å²) < 4.78 is 4.89. The van der Waals surface area contributed by atoms with Crippen LogP contribution < -0.4 is 33.0 Å². The molecule has 11 N–H and O–H groups in total. The van der Waals surface area contributed by atoms with Crippen molar-refractivity contribution in [2.45, 2.75) is 50.8 Å². The van der Waals surface area contributed by atoms with Crippen LogP contribution in [0.25, 0.3) is 0 Å². The van der Waals surface area contributed by atoms with E-state index in [0.29, 0.717) is 0 Å². The molecule has 5 atom stereocenters. The van der Waals surface area contributed by atoms with Crippen molar-refractivity contribution >= 4 is 29.7 Å². The fourth-order valence-corrected chi connectivity index (χ4v) is 1.91. The van der Waals surface area contributed by atoms with Crippen LogP contribution in [0.2, 0.25) is 0 Å². The van der Waals surface area contributed by atoms with E-state index in [-0.39, 0.29) is 0 Å². The van der Waals surface area contributed by atoms with Crippen molar-refractivity contribution in [2.75, 3.05) is 6.61 Å². The maximum Gasteiger partial charge on any atom is 0.328 e. The molecular weight excluding hydrogens is 396 g/mol. The van der Waals surface area contributed by atoms with Crippen LogP contribution in [0.5, 0.6) is 0 Å². The molecule has 0 aromatic carbocycles. The molecule has 0 aliphatic heterocycles. The van der Waals surface area contributed by atoms with Gasteiger partial charge in [-0.1, -0.05) is 0 Å². The normalized spacial score (nSPS) is 15.8. The van der Waals surface area contributed by atoms with Crippen LogP contribution in [0, 0.1) is 0 Å². The zero-order valence-corrected chi connectivity index (χ0v) is 15.7. The number of nitrogens with one attached hydrogen (secondary N) is 4. The van der Waals surface area contributed by atoms with Gasteiger partial charge in [-0.05, 0) is 13.8 Å². The number of aliphatic hydroxyl groups is 2. The van der Waals surface area contributed by atoms with Gasteiger partial charge >= 0.3 is 12.0 Å². The van der Waals surface area contributed by atoms with Crippen LogP contribution >= 0.6 is 0 Å². The maximum absolute atomic E-state index is 12.1. The van der Waals surface area contributed by atoms with Crippen LogP contribution in [-0.2, 0) is 23.9 Å². The quantitative estimate of drug-likeness (QED) is 0.113. The second kappa shape index (κ2) is 12.4. The van der Waals surface area contributed by atoms with Crippen molar-refractivity contribution in [3.05, 3.63) is 0 Å². The molecule has 0 bridgehead atoms. The zero-order valence-electron chi connectivity index (χ0n) is 15.7. The number of ether oxygens (including phenoxy) is 1. The number of carbonyl (C=O) groups excluding carboxylic acids is 4. The Balaban J connectivity index is 5.04. The Labute approximate surface area is 165 Å². The summed E-state index contributed by atoms with van der Waals surface area (Å²) in [6.45, 7) is 1.81. The number of hydrazine groups is 1. The van der Waals surface area contributed by atoms with Gasteiger partial charge in [0.1, 0.15) is 12.1 Å². The molecule has 0 aromatic rings. The molecule has 15 heteroatoms. The van der Waals surface area contributed by atoms with E-state index in [1.54, 1.807) is 0 Å². The van der Waals surface area contributed by atoms with Crippen molar-refractivity contribution in [1.82, 2.24) is 21.5 Å². The highest BCUT2D eigenvalue weighted by atomic mass is 16.6. The molecule has 0 fully saturated rings. The van der Waals surface area contributed by atoms with E-state index >= 15 is 0 Å². The molecule has 0 rings (SSSR count). The number of carboxylic acid groups (broad SMARTS) is 1. The molecule has 5 unspecified atom stereocenters. The minimum atomic E-state index is -1.61. The van der Waals surface area contributed by atoms with Gasteiger partial charge < -0.3 is 42.2 Å². The predicted molar refractivity (Wildman–Crippen MR) is 94.3 cm³/mol. The Morgan fingerprint density at radius 3 is 2.03 bits per heavy atom. The molecule has 0 aromatic heterocycles. The molecular formula is C14H26N6O9. The molecule has 166 valence electrons. The first-order chi connectivity index (χ1) is 13.4. The largest absolute Gasteiger partial charge is 0.480 e.